The molecule has 1 saturated heterocycles. The number of amides is 1. The zero-order chi connectivity index (χ0) is 20.3. The van der Waals surface area contributed by atoms with E-state index in [1.54, 1.807) is 0 Å². The molecule has 2 heterocycles. The SMILES string of the molecule is C[C@@H]1CN(c2cc(S(N)(=O)=O)cc3c(=O)[nH]cnc23)CCN1C(=O)C1(C)CC1. The minimum Gasteiger partial charge on any atom is -0.366 e. The molecule has 2 aromatic rings. The fourth-order valence-corrected chi connectivity index (χ4v) is 4.32. The summed E-state index contributed by atoms with van der Waals surface area (Å²) in [5, 5.41) is 5.48. The smallest absolute Gasteiger partial charge is 0.258 e. The number of anilines is 1. The summed E-state index contributed by atoms with van der Waals surface area (Å²) in [4.78, 5) is 35.4. The van der Waals surface area contributed by atoms with Gasteiger partial charge in [-0.1, -0.05) is 6.92 Å². The van der Waals surface area contributed by atoms with Crippen LogP contribution in [0.4, 0.5) is 5.69 Å². The largest absolute Gasteiger partial charge is 0.366 e. The standard InChI is InChI=1S/C18H23N5O4S/c1-11-9-22(5-6-23(11)17(25)18(2)3-4-18)14-8-12(28(19,26)27)7-13-15(14)20-10-21-16(13)24/h7-8,10-11H,3-6,9H2,1-2H3,(H2,19,26,27)(H,20,21,24)/t11-/m1/s1. The summed E-state index contributed by atoms with van der Waals surface area (Å²) in [6.07, 6.45) is 3.14. The number of fused-ring (bicyclic) bond motifs is 1. The number of aromatic nitrogens is 2. The van der Waals surface area contributed by atoms with Gasteiger partial charge in [-0.2, -0.15) is 0 Å². The van der Waals surface area contributed by atoms with Crippen molar-refractivity contribution in [2.75, 3.05) is 24.5 Å². The number of benzene rings is 1. The maximum atomic E-state index is 12.7. The third-order valence-corrected chi connectivity index (χ3v) is 6.66. The van der Waals surface area contributed by atoms with Crippen molar-refractivity contribution in [3.8, 4) is 0 Å². The zero-order valence-corrected chi connectivity index (χ0v) is 16.6. The molecule has 9 nitrogen and oxygen atoms in total. The fraction of sp³-hybridized carbons (Fsp3) is 0.500. The number of H-pyrrole nitrogens is 1. The quantitative estimate of drug-likeness (QED) is 0.761. The first-order valence-electron chi connectivity index (χ1n) is 9.20. The molecule has 4 rings (SSSR count). The predicted molar refractivity (Wildman–Crippen MR) is 104 cm³/mol. The van der Waals surface area contributed by atoms with Gasteiger partial charge in [-0.3, -0.25) is 9.59 Å². The first-order valence-corrected chi connectivity index (χ1v) is 10.7. The summed E-state index contributed by atoms with van der Waals surface area (Å²) in [5.41, 5.74) is 0.285. The number of hydrogen-bond donors (Lipinski definition) is 2. The van der Waals surface area contributed by atoms with E-state index in [-0.39, 0.29) is 27.6 Å². The van der Waals surface area contributed by atoms with Crippen molar-refractivity contribution in [3.63, 3.8) is 0 Å². The molecule has 0 bridgehead atoms. The molecule has 1 aliphatic carbocycles. The van der Waals surface area contributed by atoms with Crippen molar-refractivity contribution in [3.05, 3.63) is 28.8 Å². The van der Waals surface area contributed by atoms with Crippen molar-refractivity contribution in [1.29, 1.82) is 0 Å². The van der Waals surface area contributed by atoms with Crippen LogP contribution in [0.25, 0.3) is 10.9 Å². The van der Waals surface area contributed by atoms with Gasteiger partial charge in [0.05, 0.1) is 22.3 Å². The second-order valence-corrected chi connectivity index (χ2v) is 9.53. The summed E-state index contributed by atoms with van der Waals surface area (Å²) >= 11 is 0. The van der Waals surface area contributed by atoms with E-state index >= 15 is 0 Å². The minimum absolute atomic E-state index is 0.0474. The highest BCUT2D eigenvalue weighted by Crippen LogP contribution is 2.47. The number of nitrogens with two attached hydrogens (primary N) is 1. The predicted octanol–water partition coefficient (Wildman–Crippen LogP) is 0.408. The van der Waals surface area contributed by atoms with Crippen LogP contribution >= 0.6 is 0 Å². The van der Waals surface area contributed by atoms with Gasteiger partial charge < -0.3 is 14.8 Å². The Labute approximate surface area is 162 Å². The number of carbonyl (C=O) groups is 1. The normalized spacial score (nSPS) is 21.8. The number of hydrogen-bond acceptors (Lipinski definition) is 6. The van der Waals surface area contributed by atoms with Crippen LogP contribution in [0.5, 0.6) is 0 Å². The van der Waals surface area contributed by atoms with E-state index in [1.165, 1.54) is 18.5 Å². The molecular weight excluding hydrogens is 382 g/mol. The van der Waals surface area contributed by atoms with Crippen molar-refractivity contribution < 1.29 is 13.2 Å². The molecule has 150 valence electrons. The number of aromatic amines is 1. The molecule has 1 saturated carbocycles. The maximum absolute atomic E-state index is 12.7. The molecule has 1 aliphatic heterocycles. The topological polar surface area (TPSA) is 129 Å². The van der Waals surface area contributed by atoms with Gasteiger partial charge in [0.2, 0.25) is 15.9 Å². The van der Waals surface area contributed by atoms with Gasteiger partial charge in [-0.25, -0.2) is 18.5 Å². The number of nitrogens with zero attached hydrogens (tertiary/aromatic N) is 3. The van der Waals surface area contributed by atoms with Crippen molar-refractivity contribution in [2.45, 2.75) is 37.6 Å². The molecular formula is C18H23N5O4S. The third kappa shape index (κ3) is 3.16. The number of carbonyl (C=O) groups excluding carboxylic acids is 1. The summed E-state index contributed by atoms with van der Waals surface area (Å²) in [6.45, 7) is 5.53. The van der Waals surface area contributed by atoms with Gasteiger partial charge >= 0.3 is 0 Å². The van der Waals surface area contributed by atoms with E-state index in [9.17, 15) is 18.0 Å². The Balaban J connectivity index is 1.72. The Morgan fingerprint density at radius 1 is 1.32 bits per heavy atom. The van der Waals surface area contributed by atoms with Gasteiger partial charge in [0.1, 0.15) is 5.52 Å². The summed E-state index contributed by atoms with van der Waals surface area (Å²) in [6, 6.07) is 2.65. The molecule has 1 amide bonds. The first-order chi connectivity index (χ1) is 13.1. The molecule has 2 aliphatic rings. The van der Waals surface area contributed by atoms with Crippen molar-refractivity contribution >= 4 is 32.5 Å². The summed E-state index contributed by atoms with van der Waals surface area (Å²) < 4.78 is 23.8. The lowest BCUT2D eigenvalue weighted by molar-refractivity contribution is -0.138. The van der Waals surface area contributed by atoms with Gasteiger partial charge in [-0.05, 0) is 31.9 Å². The summed E-state index contributed by atoms with van der Waals surface area (Å²) in [5.74, 6) is 0.178. The Kier molecular flexibility index (Phi) is 4.23. The Morgan fingerprint density at radius 3 is 2.64 bits per heavy atom. The molecule has 0 spiro atoms. The maximum Gasteiger partial charge on any atom is 0.258 e. The van der Waals surface area contributed by atoms with E-state index in [0.29, 0.717) is 30.8 Å². The molecule has 1 atom stereocenters. The molecule has 2 fully saturated rings. The average molecular weight is 405 g/mol. The molecule has 1 aromatic heterocycles. The Hall–Kier alpha value is -2.46. The van der Waals surface area contributed by atoms with Crippen LogP contribution in [-0.2, 0) is 14.8 Å². The zero-order valence-electron chi connectivity index (χ0n) is 15.8. The van der Waals surface area contributed by atoms with Crippen LogP contribution in [0.2, 0.25) is 0 Å². The highest BCUT2D eigenvalue weighted by Gasteiger charge is 2.48. The molecule has 0 radical (unpaired) electrons. The molecule has 3 N–H and O–H groups in total. The van der Waals surface area contributed by atoms with Crippen LogP contribution in [-0.4, -0.2) is 54.9 Å². The van der Waals surface area contributed by atoms with E-state index in [0.717, 1.165) is 12.8 Å². The van der Waals surface area contributed by atoms with Gasteiger partial charge in [0.25, 0.3) is 5.56 Å². The van der Waals surface area contributed by atoms with Crippen LogP contribution in [0.15, 0.2) is 28.2 Å². The van der Waals surface area contributed by atoms with Crippen LogP contribution in [0.1, 0.15) is 26.7 Å². The van der Waals surface area contributed by atoms with Crippen LogP contribution in [0.3, 0.4) is 0 Å². The van der Waals surface area contributed by atoms with Crippen LogP contribution < -0.4 is 15.6 Å². The first kappa shape index (κ1) is 18.9. The van der Waals surface area contributed by atoms with Crippen molar-refractivity contribution in [1.82, 2.24) is 14.9 Å². The van der Waals surface area contributed by atoms with E-state index in [2.05, 4.69) is 9.97 Å². The number of sulfonamides is 1. The number of piperazine rings is 1. The highest BCUT2D eigenvalue weighted by atomic mass is 32.2. The Bertz CT molecular complexity index is 1120. The van der Waals surface area contributed by atoms with E-state index in [4.69, 9.17) is 5.14 Å². The molecule has 0 unspecified atom stereocenters. The average Bonchev–Trinajstić information content (AvgIpc) is 3.39. The molecule has 10 heteroatoms. The molecule has 1 aromatic carbocycles. The minimum atomic E-state index is -3.99. The van der Waals surface area contributed by atoms with Gasteiger partial charge in [0.15, 0.2) is 0 Å². The Morgan fingerprint density at radius 2 is 2.04 bits per heavy atom. The lowest BCUT2D eigenvalue weighted by Crippen LogP contribution is -2.55. The van der Waals surface area contributed by atoms with Gasteiger partial charge in [-0.15, -0.1) is 0 Å². The summed E-state index contributed by atoms with van der Waals surface area (Å²) in [7, 11) is -3.99. The number of rotatable bonds is 3. The second-order valence-electron chi connectivity index (χ2n) is 7.97. The lowest BCUT2D eigenvalue weighted by atomic mass is 10.0. The number of primary sulfonamides is 1. The van der Waals surface area contributed by atoms with E-state index in [1.807, 2.05) is 23.6 Å². The van der Waals surface area contributed by atoms with Gasteiger partial charge in [0, 0.05) is 31.1 Å². The lowest BCUT2D eigenvalue weighted by Gasteiger charge is -2.42. The number of nitrogens with one attached hydrogen (secondary N) is 1. The second kappa shape index (κ2) is 6.28. The van der Waals surface area contributed by atoms with Crippen molar-refractivity contribution in [2.24, 2.45) is 10.6 Å². The third-order valence-electron chi connectivity index (χ3n) is 5.77. The monoisotopic (exact) mass is 405 g/mol. The van der Waals surface area contributed by atoms with Crippen LogP contribution in [0, 0.1) is 5.41 Å². The molecule has 28 heavy (non-hydrogen) atoms. The fourth-order valence-electron chi connectivity index (χ4n) is 3.77. The van der Waals surface area contributed by atoms with E-state index < -0.39 is 15.6 Å². The highest BCUT2D eigenvalue weighted by molar-refractivity contribution is 7.89.